The van der Waals surface area contributed by atoms with Crippen molar-refractivity contribution in [2.75, 3.05) is 5.73 Å². The molecule has 0 saturated heterocycles. The van der Waals surface area contributed by atoms with Crippen molar-refractivity contribution in [3.8, 4) is 28.6 Å². The molecule has 1 heterocycles. The Morgan fingerprint density at radius 2 is 2.14 bits per heavy atom. The number of hydrogen-bond donors (Lipinski definition) is 4. The Morgan fingerprint density at radius 1 is 1.31 bits per heavy atom. The summed E-state index contributed by atoms with van der Waals surface area (Å²) in [6.45, 7) is 3.90. The topological polar surface area (TPSA) is 136 Å². The molecule has 0 radical (unpaired) electrons. The first-order valence-corrected chi connectivity index (χ1v) is 9.55. The maximum atomic E-state index is 7.49. The normalized spacial score (nSPS) is 15.3. The first-order chi connectivity index (χ1) is 13.9. The molecule has 1 atom stereocenters. The molecule has 29 heavy (non-hydrogen) atoms. The van der Waals surface area contributed by atoms with Crippen molar-refractivity contribution in [3.05, 3.63) is 47.5 Å². The highest BCUT2D eigenvalue weighted by molar-refractivity contribution is 5.75. The Morgan fingerprint density at radius 3 is 2.86 bits per heavy atom. The molecule has 8 heteroatoms. The third kappa shape index (κ3) is 3.73. The number of nitrogen functional groups attached to an aromatic ring is 1. The summed E-state index contributed by atoms with van der Waals surface area (Å²) in [7, 11) is 0. The van der Waals surface area contributed by atoms with Crippen LogP contribution in [0.3, 0.4) is 0 Å². The van der Waals surface area contributed by atoms with Crippen LogP contribution in [-0.2, 0) is 6.42 Å². The zero-order chi connectivity index (χ0) is 20.5. The van der Waals surface area contributed by atoms with Crippen LogP contribution in [0.2, 0.25) is 0 Å². The maximum Gasteiger partial charge on any atom is 0.258 e. The largest absolute Gasteiger partial charge is 0.489 e. The second-order valence-electron chi connectivity index (χ2n) is 7.36. The molecule has 3 aromatic rings. The van der Waals surface area contributed by atoms with Crippen molar-refractivity contribution in [2.45, 2.75) is 38.8 Å². The Hall–Kier alpha value is -3.55. The van der Waals surface area contributed by atoms with Gasteiger partial charge in [-0.25, -0.2) is 0 Å². The Kier molecular flexibility index (Phi) is 4.84. The average molecular weight is 392 g/mol. The molecule has 0 unspecified atom stereocenters. The van der Waals surface area contributed by atoms with Gasteiger partial charge >= 0.3 is 0 Å². The number of ether oxygens (including phenoxy) is 1. The predicted octanol–water partition coefficient (Wildman–Crippen LogP) is 3.24. The third-order valence-electron chi connectivity index (χ3n) is 4.89. The number of nitrogens with one attached hydrogen (secondary N) is 2. The Labute approximate surface area is 168 Å². The number of aromatic nitrogens is 2. The second kappa shape index (κ2) is 7.46. The molecule has 6 N–H and O–H groups in total. The van der Waals surface area contributed by atoms with E-state index in [-0.39, 0.29) is 18.1 Å². The number of rotatable bonds is 5. The van der Waals surface area contributed by atoms with Gasteiger partial charge in [0.1, 0.15) is 5.75 Å². The van der Waals surface area contributed by atoms with Crippen molar-refractivity contribution in [2.24, 2.45) is 5.73 Å². The van der Waals surface area contributed by atoms with E-state index in [0.717, 1.165) is 35.1 Å². The highest BCUT2D eigenvalue weighted by Crippen LogP contribution is 2.37. The van der Waals surface area contributed by atoms with E-state index in [4.69, 9.17) is 26.1 Å². The van der Waals surface area contributed by atoms with Gasteiger partial charge in [0.25, 0.3) is 5.89 Å². The number of anilines is 1. The number of benzene rings is 2. The van der Waals surface area contributed by atoms with Crippen LogP contribution in [0.5, 0.6) is 5.75 Å². The minimum absolute atomic E-state index is 0.0297. The van der Waals surface area contributed by atoms with Crippen LogP contribution < -0.4 is 21.5 Å². The summed E-state index contributed by atoms with van der Waals surface area (Å²) in [6, 6.07) is 11.5. The molecule has 0 spiro atoms. The molecule has 0 aliphatic heterocycles. The van der Waals surface area contributed by atoms with E-state index < -0.39 is 0 Å². The molecule has 0 saturated carbocycles. The van der Waals surface area contributed by atoms with Crippen molar-refractivity contribution >= 4 is 11.6 Å². The molecule has 1 aromatic heterocycles. The Bertz CT molecular complexity index is 1060. The fraction of sp³-hybridized carbons (Fsp3) is 0.286. The lowest BCUT2D eigenvalue weighted by molar-refractivity contribution is 0.244. The predicted molar refractivity (Wildman–Crippen MR) is 111 cm³/mol. The van der Waals surface area contributed by atoms with Gasteiger partial charge in [0.05, 0.1) is 17.8 Å². The average Bonchev–Trinajstić information content (AvgIpc) is 3.30. The number of hydrogen-bond acceptors (Lipinski definition) is 6. The summed E-state index contributed by atoms with van der Waals surface area (Å²) >= 11 is 0. The molecular formula is C21H24N6O2. The van der Waals surface area contributed by atoms with E-state index in [1.54, 1.807) is 6.07 Å². The van der Waals surface area contributed by atoms with Gasteiger partial charge in [0.2, 0.25) is 5.82 Å². The summed E-state index contributed by atoms with van der Waals surface area (Å²) in [4.78, 5) is 4.58. The van der Waals surface area contributed by atoms with Gasteiger partial charge in [-0.3, -0.25) is 5.41 Å². The molecule has 1 aliphatic carbocycles. The van der Waals surface area contributed by atoms with Crippen molar-refractivity contribution in [3.63, 3.8) is 0 Å². The lowest BCUT2D eigenvalue weighted by Gasteiger charge is -2.13. The van der Waals surface area contributed by atoms with Crippen LogP contribution in [-0.4, -0.2) is 22.2 Å². The minimum atomic E-state index is -0.0300. The van der Waals surface area contributed by atoms with Crippen molar-refractivity contribution < 1.29 is 9.26 Å². The summed E-state index contributed by atoms with van der Waals surface area (Å²) in [5.74, 6) is 1.53. The van der Waals surface area contributed by atoms with Gasteiger partial charge in [-0.2, -0.15) is 4.98 Å². The molecule has 2 aromatic carbocycles. The molecule has 0 fully saturated rings. The molecular weight excluding hydrogens is 368 g/mol. The first kappa shape index (κ1) is 18.8. The SMILES string of the molecule is CC(C)Oc1ccc(-c2nc(-c3cccc4c3CC[C@@H]4NC(=N)N)no2)cc1N. The molecule has 8 nitrogen and oxygen atoms in total. The fourth-order valence-corrected chi connectivity index (χ4v) is 3.69. The van der Waals surface area contributed by atoms with E-state index >= 15 is 0 Å². The van der Waals surface area contributed by atoms with Crippen LogP contribution in [0.25, 0.3) is 22.8 Å². The number of fused-ring (bicyclic) bond motifs is 1. The number of nitrogens with two attached hydrogens (primary N) is 2. The van der Waals surface area contributed by atoms with Crippen LogP contribution in [0.1, 0.15) is 37.4 Å². The zero-order valence-electron chi connectivity index (χ0n) is 16.4. The quantitative estimate of drug-likeness (QED) is 0.297. The van der Waals surface area contributed by atoms with Crippen molar-refractivity contribution in [1.82, 2.24) is 15.5 Å². The monoisotopic (exact) mass is 392 g/mol. The molecule has 4 rings (SSSR count). The number of nitrogens with zero attached hydrogens (tertiary/aromatic N) is 2. The lowest BCUT2D eigenvalue weighted by Crippen LogP contribution is -2.32. The minimum Gasteiger partial charge on any atom is -0.489 e. The van der Waals surface area contributed by atoms with E-state index in [9.17, 15) is 0 Å². The van der Waals surface area contributed by atoms with Gasteiger partial charge in [-0.15, -0.1) is 0 Å². The van der Waals surface area contributed by atoms with Gasteiger partial charge in [-0.1, -0.05) is 23.4 Å². The van der Waals surface area contributed by atoms with Gasteiger partial charge in [-0.05, 0) is 56.0 Å². The highest BCUT2D eigenvalue weighted by atomic mass is 16.5. The van der Waals surface area contributed by atoms with Gasteiger partial charge in [0, 0.05) is 11.1 Å². The van der Waals surface area contributed by atoms with Crippen LogP contribution >= 0.6 is 0 Å². The summed E-state index contributed by atoms with van der Waals surface area (Å²) < 4.78 is 11.2. The number of guanidine groups is 1. The summed E-state index contributed by atoms with van der Waals surface area (Å²) in [6.07, 6.45) is 1.76. The van der Waals surface area contributed by atoms with Crippen LogP contribution in [0.15, 0.2) is 40.9 Å². The van der Waals surface area contributed by atoms with Crippen LogP contribution in [0.4, 0.5) is 5.69 Å². The van der Waals surface area contributed by atoms with Crippen LogP contribution in [0, 0.1) is 5.41 Å². The summed E-state index contributed by atoms with van der Waals surface area (Å²) in [5.41, 5.74) is 16.1. The first-order valence-electron chi connectivity index (χ1n) is 9.55. The summed E-state index contributed by atoms with van der Waals surface area (Å²) in [5, 5.41) is 14.7. The smallest absolute Gasteiger partial charge is 0.258 e. The third-order valence-corrected chi connectivity index (χ3v) is 4.89. The second-order valence-corrected chi connectivity index (χ2v) is 7.36. The fourth-order valence-electron chi connectivity index (χ4n) is 3.69. The molecule has 1 aliphatic rings. The maximum absolute atomic E-state index is 7.49. The lowest BCUT2D eigenvalue weighted by atomic mass is 10.0. The Balaban J connectivity index is 1.63. The standard InChI is InChI=1S/C21H24N6O2/c1-11(2)28-18-9-6-12(10-16(18)22)20-26-19(27-29-20)15-5-3-4-14-13(15)7-8-17(14)25-21(23)24/h3-6,9-11,17H,7-8,22H2,1-2H3,(H4,23,24,25)/t17-/m0/s1. The van der Waals surface area contributed by atoms with E-state index in [2.05, 4.69) is 15.5 Å². The van der Waals surface area contributed by atoms with Gasteiger partial charge < -0.3 is 26.0 Å². The van der Waals surface area contributed by atoms with E-state index in [0.29, 0.717) is 23.2 Å². The van der Waals surface area contributed by atoms with E-state index in [1.165, 1.54) is 0 Å². The molecule has 0 bridgehead atoms. The molecule has 150 valence electrons. The highest BCUT2D eigenvalue weighted by Gasteiger charge is 2.26. The molecule has 0 amide bonds. The van der Waals surface area contributed by atoms with E-state index in [1.807, 2.05) is 44.2 Å². The van der Waals surface area contributed by atoms with Gasteiger partial charge in [0.15, 0.2) is 5.96 Å². The zero-order valence-corrected chi connectivity index (χ0v) is 16.4. The van der Waals surface area contributed by atoms with Crippen molar-refractivity contribution in [1.29, 1.82) is 5.41 Å².